The Hall–Kier alpha value is -1.30. The summed E-state index contributed by atoms with van der Waals surface area (Å²) in [6.45, 7) is 5.80. The minimum Gasteiger partial charge on any atom is -0.317 e. The summed E-state index contributed by atoms with van der Waals surface area (Å²) in [4.78, 5) is 17.9. The van der Waals surface area contributed by atoms with Crippen molar-refractivity contribution in [3.05, 3.63) is 34.7 Å². The third-order valence-corrected chi connectivity index (χ3v) is 5.52. The number of rotatable bonds is 3. The van der Waals surface area contributed by atoms with Crippen LogP contribution >= 0.6 is 12.4 Å². The molecule has 3 heterocycles. The highest BCUT2D eigenvalue weighted by Crippen LogP contribution is 2.26. The molecule has 2 saturated heterocycles. The number of halogens is 1. The molecule has 2 aromatic rings. The average Bonchev–Trinajstić information content (AvgIpc) is 2.92. The minimum absolute atomic E-state index is 0. The number of aromatic amines is 1. The van der Waals surface area contributed by atoms with Crippen LogP contribution in [0.15, 0.2) is 29.1 Å². The Morgan fingerprint density at radius 1 is 1.04 bits per heavy atom. The van der Waals surface area contributed by atoms with Crippen LogP contribution in [0, 0.1) is 5.92 Å². The summed E-state index contributed by atoms with van der Waals surface area (Å²) in [5.74, 6) is 0.851. The van der Waals surface area contributed by atoms with Crippen molar-refractivity contribution in [1.82, 2.24) is 19.8 Å². The number of aromatic nitrogens is 2. The molecule has 0 radical (unpaired) electrons. The van der Waals surface area contributed by atoms with Gasteiger partial charge < -0.3 is 15.2 Å². The molecule has 0 amide bonds. The van der Waals surface area contributed by atoms with Crippen LogP contribution in [0.4, 0.5) is 0 Å². The number of benzene rings is 1. The lowest BCUT2D eigenvalue weighted by Gasteiger charge is -2.35. The minimum atomic E-state index is 0. The maximum Gasteiger partial charge on any atom is 0.326 e. The zero-order valence-electron chi connectivity index (χ0n) is 14.0. The van der Waals surface area contributed by atoms with Gasteiger partial charge in [0, 0.05) is 25.7 Å². The molecule has 6 heteroatoms. The van der Waals surface area contributed by atoms with Crippen molar-refractivity contribution >= 4 is 23.4 Å². The number of hydrogen-bond acceptors (Lipinski definition) is 3. The standard InChI is InChI=1S/C18H26N4O.ClH/c23-18-20-16-3-1-2-4-17(16)22(18)15-7-11-21(12-8-15)13-14-5-9-19-10-6-14;/h1-4,14-15,19H,5-13H2,(H,20,23);1H. The lowest BCUT2D eigenvalue weighted by molar-refractivity contribution is 0.150. The lowest BCUT2D eigenvalue weighted by atomic mass is 9.96. The molecule has 0 aliphatic carbocycles. The molecule has 0 unspecified atom stereocenters. The van der Waals surface area contributed by atoms with Crippen molar-refractivity contribution in [2.24, 2.45) is 5.92 Å². The fraction of sp³-hybridized carbons (Fsp3) is 0.611. The van der Waals surface area contributed by atoms with Gasteiger partial charge in [0.1, 0.15) is 0 Å². The largest absolute Gasteiger partial charge is 0.326 e. The van der Waals surface area contributed by atoms with E-state index in [1.807, 2.05) is 22.8 Å². The molecule has 24 heavy (non-hydrogen) atoms. The van der Waals surface area contributed by atoms with Gasteiger partial charge in [0.15, 0.2) is 0 Å². The van der Waals surface area contributed by atoms with E-state index in [0.717, 1.165) is 42.9 Å². The Bertz CT molecular complexity index is 711. The van der Waals surface area contributed by atoms with E-state index < -0.39 is 0 Å². The van der Waals surface area contributed by atoms with Crippen molar-refractivity contribution in [2.75, 3.05) is 32.7 Å². The first-order valence-electron chi connectivity index (χ1n) is 8.93. The predicted octanol–water partition coefficient (Wildman–Crippen LogP) is 2.39. The Morgan fingerprint density at radius 3 is 2.50 bits per heavy atom. The molecule has 0 atom stereocenters. The van der Waals surface area contributed by atoms with Crippen molar-refractivity contribution in [1.29, 1.82) is 0 Å². The van der Waals surface area contributed by atoms with Gasteiger partial charge in [0.2, 0.25) is 0 Å². The normalized spacial score (nSPS) is 21.0. The van der Waals surface area contributed by atoms with Crippen molar-refractivity contribution in [3.63, 3.8) is 0 Å². The van der Waals surface area contributed by atoms with E-state index in [-0.39, 0.29) is 18.1 Å². The number of nitrogens with zero attached hydrogens (tertiary/aromatic N) is 2. The summed E-state index contributed by atoms with van der Waals surface area (Å²) >= 11 is 0. The van der Waals surface area contributed by atoms with Gasteiger partial charge in [-0.15, -0.1) is 12.4 Å². The monoisotopic (exact) mass is 350 g/mol. The summed E-state index contributed by atoms with van der Waals surface area (Å²) in [6.07, 6.45) is 4.77. The van der Waals surface area contributed by atoms with E-state index in [9.17, 15) is 4.79 Å². The molecule has 0 spiro atoms. The number of nitrogens with one attached hydrogen (secondary N) is 2. The van der Waals surface area contributed by atoms with Crippen molar-refractivity contribution in [2.45, 2.75) is 31.7 Å². The highest BCUT2D eigenvalue weighted by molar-refractivity contribution is 5.85. The number of imidazole rings is 1. The molecule has 4 rings (SSSR count). The van der Waals surface area contributed by atoms with Crippen LogP contribution in [-0.2, 0) is 0 Å². The summed E-state index contributed by atoms with van der Waals surface area (Å²) in [5, 5.41) is 3.44. The maximum absolute atomic E-state index is 12.3. The molecule has 2 aliphatic rings. The molecule has 2 fully saturated rings. The number of piperidine rings is 2. The van der Waals surface area contributed by atoms with Crippen LogP contribution in [0.5, 0.6) is 0 Å². The quantitative estimate of drug-likeness (QED) is 0.893. The first-order valence-corrected chi connectivity index (χ1v) is 8.93. The second-order valence-corrected chi connectivity index (χ2v) is 7.04. The summed E-state index contributed by atoms with van der Waals surface area (Å²) < 4.78 is 1.98. The molecule has 2 N–H and O–H groups in total. The molecular formula is C18H27ClN4O. The molecule has 0 saturated carbocycles. The predicted molar refractivity (Wildman–Crippen MR) is 100 cm³/mol. The van der Waals surface area contributed by atoms with Gasteiger partial charge in [-0.1, -0.05) is 12.1 Å². The molecule has 2 aliphatic heterocycles. The van der Waals surface area contributed by atoms with Crippen LogP contribution < -0.4 is 11.0 Å². The third-order valence-electron chi connectivity index (χ3n) is 5.52. The Balaban J connectivity index is 0.00000169. The smallest absolute Gasteiger partial charge is 0.317 e. The number of para-hydroxylation sites is 2. The molecule has 132 valence electrons. The number of hydrogen-bond donors (Lipinski definition) is 2. The van der Waals surface area contributed by atoms with E-state index >= 15 is 0 Å². The van der Waals surface area contributed by atoms with Crippen molar-refractivity contribution < 1.29 is 0 Å². The SMILES string of the molecule is Cl.O=c1[nH]c2ccccc2n1C1CCN(CC2CCNCC2)CC1. The third kappa shape index (κ3) is 3.53. The Morgan fingerprint density at radius 2 is 1.75 bits per heavy atom. The Kier molecular flexibility index (Phi) is 5.64. The molecule has 1 aromatic heterocycles. The average molecular weight is 351 g/mol. The summed E-state index contributed by atoms with van der Waals surface area (Å²) in [6, 6.07) is 8.36. The van der Waals surface area contributed by atoms with Gasteiger partial charge in [-0.2, -0.15) is 0 Å². The van der Waals surface area contributed by atoms with Gasteiger partial charge in [-0.05, 0) is 56.8 Å². The van der Waals surface area contributed by atoms with Crippen LogP contribution in [0.2, 0.25) is 0 Å². The fourth-order valence-corrected chi connectivity index (χ4v) is 4.23. The van der Waals surface area contributed by atoms with Crippen LogP contribution in [0.1, 0.15) is 31.7 Å². The first-order chi connectivity index (χ1) is 11.3. The van der Waals surface area contributed by atoms with Crippen molar-refractivity contribution in [3.8, 4) is 0 Å². The van der Waals surface area contributed by atoms with Gasteiger partial charge in [-0.25, -0.2) is 4.79 Å². The summed E-state index contributed by atoms with van der Waals surface area (Å²) in [5.41, 5.74) is 2.05. The van der Waals surface area contributed by atoms with Crippen LogP contribution in [0.25, 0.3) is 11.0 Å². The second-order valence-electron chi connectivity index (χ2n) is 7.04. The van der Waals surface area contributed by atoms with E-state index in [1.165, 1.54) is 32.5 Å². The van der Waals surface area contributed by atoms with Gasteiger partial charge in [-0.3, -0.25) is 4.57 Å². The van der Waals surface area contributed by atoms with E-state index in [1.54, 1.807) is 0 Å². The number of H-pyrrole nitrogens is 1. The maximum atomic E-state index is 12.3. The zero-order valence-corrected chi connectivity index (χ0v) is 14.9. The Labute approximate surface area is 148 Å². The van der Waals surface area contributed by atoms with E-state index in [2.05, 4.69) is 21.3 Å². The lowest BCUT2D eigenvalue weighted by Crippen LogP contribution is -2.41. The second kappa shape index (κ2) is 7.72. The first kappa shape index (κ1) is 17.5. The van der Waals surface area contributed by atoms with E-state index in [4.69, 9.17) is 0 Å². The topological polar surface area (TPSA) is 53.1 Å². The highest BCUT2D eigenvalue weighted by atomic mass is 35.5. The molecule has 5 nitrogen and oxygen atoms in total. The summed E-state index contributed by atoms with van der Waals surface area (Å²) in [7, 11) is 0. The van der Waals surface area contributed by atoms with Crippen LogP contribution in [-0.4, -0.2) is 47.2 Å². The zero-order chi connectivity index (χ0) is 15.6. The molecular weight excluding hydrogens is 324 g/mol. The van der Waals surface area contributed by atoms with Crippen LogP contribution in [0.3, 0.4) is 0 Å². The number of fused-ring (bicyclic) bond motifs is 1. The fourth-order valence-electron chi connectivity index (χ4n) is 4.23. The van der Waals surface area contributed by atoms with Gasteiger partial charge in [0.05, 0.1) is 11.0 Å². The van der Waals surface area contributed by atoms with Gasteiger partial charge >= 0.3 is 5.69 Å². The number of likely N-dealkylation sites (tertiary alicyclic amines) is 1. The van der Waals surface area contributed by atoms with Gasteiger partial charge in [0.25, 0.3) is 0 Å². The molecule has 0 bridgehead atoms. The molecule has 1 aromatic carbocycles. The highest BCUT2D eigenvalue weighted by Gasteiger charge is 2.25. The van der Waals surface area contributed by atoms with E-state index in [0.29, 0.717) is 6.04 Å².